The molecule has 9 rings (SSSR count). The maximum atomic E-state index is 11.3. The summed E-state index contributed by atoms with van der Waals surface area (Å²) in [6.45, 7) is 7.72. The molecule has 0 aromatic carbocycles. The highest BCUT2D eigenvalue weighted by Gasteiger charge is 2.90. The van der Waals surface area contributed by atoms with E-state index in [4.69, 9.17) is 18.6 Å². The molecule has 0 aromatic heterocycles. The highest BCUT2D eigenvalue weighted by molar-refractivity contribution is 5.43. The van der Waals surface area contributed by atoms with Crippen molar-refractivity contribution in [2.75, 3.05) is 6.54 Å². The number of rotatable bonds is 0. The van der Waals surface area contributed by atoms with E-state index < -0.39 is 22.5 Å². The molecule has 8 nitrogen and oxygen atoms in total. The standard InChI is InChI=1S/C20H27NO3.ClHO4/c1-8-3-19-6-10-15-18(2)4-9(22)5-20(15)16(19)14(24)11(8)13(23)12(19)17(20)21(10)7-18;2-1(3,4)5/h9-17,22-24H,1,3-7H2,2H3;(H,2,3,4,5). The number of piperidine rings is 2. The van der Waals surface area contributed by atoms with E-state index in [1.54, 1.807) is 0 Å². The van der Waals surface area contributed by atoms with Crippen molar-refractivity contribution >= 4 is 0 Å². The van der Waals surface area contributed by atoms with Gasteiger partial charge in [-0.2, -0.15) is 14.0 Å². The van der Waals surface area contributed by atoms with Crippen molar-refractivity contribution in [2.45, 2.75) is 63.0 Å². The topological polar surface area (TPSA) is 153 Å². The number of aliphatic hydroxyl groups excluding tert-OH is 3. The Morgan fingerprint density at radius 1 is 1.07 bits per heavy atom. The molecule has 9 heteroatoms. The van der Waals surface area contributed by atoms with Crippen molar-refractivity contribution in [3.05, 3.63) is 12.2 Å². The van der Waals surface area contributed by atoms with Crippen LogP contribution in [0.15, 0.2) is 12.2 Å². The second kappa shape index (κ2) is 5.19. The van der Waals surface area contributed by atoms with Crippen LogP contribution < -0.4 is 14.0 Å². The van der Waals surface area contributed by atoms with Gasteiger partial charge in [0.25, 0.3) is 0 Å². The van der Waals surface area contributed by atoms with Crippen LogP contribution in [0.4, 0.5) is 0 Å². The molecular formula is C20H28ClNO7. The van der Waals surface area contributed by atoms with Crippen LogP contribution in [0.25, 0.3) is 0 Å². The van der Waals surface area contributed by atoms with Gasteiger partial charge in [0.15, 0.2) is 0 Å². The Kier molecular flexibility index (Phi) is 3.47. The quantitative estimate of drug-likeness (QED) is 0.291. The predicted molar refractivity (Wildman–Crippen MR) is 89.1 cm³/mol. The molecule has 2 spiro atoms. The molecule has 0 radical (unpaired) electrons. The first kappa shape index (κ1) is 19.4. The fourth-order valence-corrected chi connectivity index (χ4v) is 10.7. The molecule has 3 aliphatic heterocycles. The number of halogens is 1. The molecule has 9 fully saturated rings. The Morgan fingerprint density at radius 2 is 1.72 bits per heavy atom. The maximum absolute atomic E-state index is 11.3. The number of fused-ring (bicyclic) bond motifs is 1. The lowest BCUT2D eigenvalue weighted by Crippen LogP contribution is -2.67. The molecule has 13 unspecified atom stereocenters. The van der Waals surface area contributed by atoms with Gasteiger partial charge in [0.1, 0.15) is 0 Å². The molecule has 9 bridgehead atoms. The monoisotopic (exact) mass is 429 g/mol. The van der Waals surface area contributed by atoms with Crippen LogP contribution in [0.3, 0.4) is 0 Å². The van der Waals surface area contributed by atoms with Gasteiger partial charge in [0, 0.05) is 30.5 Å². The van der Waals surface area contributed by atoms with Crippen LogP contribution >= 0.6 is 0 Å². The lowest BCUT2D eigenvalue weighted by Gasteiger charge is -2.65. The third kappa shape index (κ3) is 1.96. The summed E-state index contributed by atoms with van der Waals surface area (Å²) in [7, 11) is -4.69. The van der Waals surface area contributed by atoms with Crippen molar-refractivity contribution < 1.29 is 44.2 Å². The zero-order valence-electron chi connectivity index (χ0n) is 16.3. The highest BCUT2D eigenvalue weighted by atomic mass is 35.7. The summed E-state index contributed by atoms with van der Waals surface area (Å²) in [6.07, 6.45) is 2.76. The first-order chi connectivity index (χ1) is 13.4. The minimum absolute atomic E-state index is 0.0358. The molecule has 0 aromatic rings. The predicted octanol–water partition coefficient (Wildman–Crippen LogP) is -3.36. The fourth-order valence-electron chi connectivity index (χ4n) is 10.7. The normalized spacial score (nSPS) is 65.0. The summed E-state index contributed by atoms with van der Waals surface area (Å²) < 4.78 is 32.7. The Morgan fingerprint density at radius 3 is 2.38 bits per heavy atom. The van der Waals surface area contributed by atoms with Crippen molar-refractivity contribution in [1.29, 1.82) is 0 Å². The van der Waals surface area contributed by atoms with E-state index in [2.05, 4.69) is 18.4 Å². The average molecular weight is 430 g/mol. The third-order valence-electron chi connectivity index (χ3n) is 10.1. The van der Waals surface area contributed by atoms with Crippen LogP contribution in [0, 0.1) is 50.2 Å². The van der Waals surface area contributed by atoms with Crippen molar-refractivity contribution in [3.8, 4) is 0 Å². The van der Waals surface area contributed by atoms with Gasteiger partial charge in [-0.05, 0) is 53.8 Å². The van der Waals surface area contributed by atoms with Crippen LogP contribution in [-0.4, -0.2) is 61.8 Å². The minimum atomic E-state index is -4.69. The smallest absolute Gasteiger partial charge is 0.0777 e. The molecule has 13 atom stereocenters. The number of hydrogen-bond donors (Lipinski definition) is 4. The van der Waals surface area contributed by atoms with Gasteiger partial charge in [-0.1, -0.05) is 19.1 Å². The summed E-state index contributed by atoms with van der Waals surface area (Å²) in [5.74, 6) is 1.02. The molecule has 4 N–H and O–H groups in total. The molecule has 6 aliphatic carbocycles. The Bertz CT molecular complexity index is 798. The second-order valence-electron chi connectivity index (χ2n) is 11.2. The largest absolute Gasteiger partial charge is 0.393 e. The van der Waals surface area contributed by atoms with Crippen molar-refractivity contribution in [1.82, 2.24) is 4.90 Å². The SMILES string of the molecule is C=C1CC23CC4C5C6(C)CC(O)CC57C(C2C(O)C1C(O)C37)N4C6.[O-][Cl+3]([O-])([O-])O. The lowest BCUT2D eigenvalue weighted by atomic mass is 9.39. The molecule has 3 saturated heterocycles. The molecule has 6 saturated carbocycles. The minimum Gasteiger partial charge on any atom is -0.393 e. The molecule has 29 heavy (non-hydrogen) atoms. The van der Waals surface area contributed by atoms with Crippen LogP contribution in [0.5, 0.6) is 0 Å². The van der Waals surface area contributed by atoms with Gasteiger partial charge in [-0.15, -0.1) is 0 Å². The Hall–Kier alpha value is -0.290. The summed E-state index contributed by atoms with van der Waals surface area (Å²) in [4.78, 5) is 2.73. The summed E-state index contributed by atoms with van der Waals surface area (Å²) >= 11 is 0. The third-order valence-corrected chi connectivity index (χ3v) is 10.1. The van der Waals surface area contributed by atoms with Gasteiger partial charge in [0.2, 0.25) is 0 Å². The van der Waals surface area contributed by atoms with Gasteiger partial charge >= 0.3 is 0 Å². The van der Waals surface area contributed by atoms with E-state index in [0.717, 1.165) is 37.8 Å². The number of aliphatic hydroxyl groups is 3. The van der Waals surface area contributed by atoms with Gasteiger partial charge in [0.05, 0.1) is 33.2 Å². The van der Waals surface area contributed by atoms with E-state index in [1.807, 2.05) is 0 Å². The Labute approximate surface area is 171 Å². The zero-order chi connectivity index (χ0) is 20.9. The fraction of sp³-hybridized carbons (Fsp3) is 0.900. The highest BCUT2D eigenvalue weighted by Crippen LogP contribution is 2.86. The van der Waals surface area contributed by atoms with E-state index in [1.165, 1.54) is 0 Å². The van der Waals surface area contributed by atoms with Crippen molar-refractivity contribution in [2.24, 2.45) is 39.9 Å². The van der Waals surface area contributed by atoms with Crippen LogP contribution in [0.1, 0.15) is 32.6 Å². The van der Waals surface area contributed by atoms with Crippen LogP contribution in [0.2, 0.25) is 0 Å². The Balaban J connectivity index is 0.000000300. The van der Waals surface area contributed by atoms with E-state index in [9.17, 15) is 15.3 Å². The lowest BCUT2D eigenvalue weighted by molar-refractivity contribution is -1.92. The van der Waals surface area contributed by atoms with E-state index in [-0.39, 0.29) is 40.1 Å². The second-order valence-corrected chi connectivity index (χ2v) is 12.0. The first-order valence-electron chi connectivity index (χ1n) is 10.5. The molecule has 9 aliphatic rings. The summed E-state index contributed by atoms with van der Waals surface area (Å²) in [5, 5.41) is 33.3. The number of hydrogen-bond acceptors (Lipinski definition) is 8. The summed E-state index contributed by atoms with van der Waals surface area (Å²) in [5.41, 5.74) is 1.37. The van der Waals surface area contributed by atoms with E-state index in [0.29, 0.717) is 18.0 Å². The first-order valence-corrected chi connectivity index (χ1v) is 11.7. The van der Waals surface area contributed by atoms with Gasteiger partial charge in [-0.3, -0.25) is 4.90 Å². The maximum Gasteiger partial charge on any atom is 0.0777 e. The zero-order valence-corrected chi connectivity index (χ0v) is 17.0. The molecule has 3 heterocycles. The van der Waals surface area contributed by atoms with E-state index >= 15 is 0 Å². The molecular weight excluding hydrogens is 402 g/mol. The molecule has 0 amide bonds. The average Bonchev–Trinajstić information content (AvgIpc) is 2.94. The van der Waals surface area contributed by atoms with Gasteiger partial charge < -0.3 is 15.3 Å². The number of nitrogens with zero attached hydrogens (tertiary/aromatic N) is 1. The molecule has 162 valence electrons. The van der Waals surface area contributed by atoms with Crippen molar-refractivity contribution in [3.63, 3.8) is 0 Å². The van der Waals surface area contributed by atoms with Gasteiger partial charge in [-0.25, -0.2) is 0 Å². The van der Waals surface area contributed by atoms with Crippen LogP contribution in [-0.2, 0) is 0 Å². The summed E-state index contributed by atoms with van der Waals surface area (Å²) in [6, 6.07) is 0.999.